The largest absolute Gasteiger partial charge is 0.352 e. The van der Waals surface area contributed by atoms with Gasteiger partial charge in [-0.25, -0.2) is 17.8 Å². The van der Waals surface area contributed by atoms with Crippen molar-refractivity contribution in [1.29, 1.82) is 0 Å². The molecule has 0 spiro atoms. The highest BCUT2D eigenvalue weighted by Gasteiger charge is 2.09. The second-order valence-electron chi connectivity index (χ2n) is 5.40. The average Bonchev–Trinajstić information content (AvgIpc) is 2.80. The maximum atomic E-state index is 13.2. The number of halogens is 1. The maximum Gasteiger partial charge on any atom is 0.203 e. The molecule has 5 nitrogen and oxygen atoms in total. The van der Waals surface area contributed by atoms with Gasteiger partial charge in [0.2, 0.25) is 5.95 Å². The standard InChI is InChI=1S/C16H16FN3O2S/c1-20-15-8-5-12(17)9-14(15)19-16(20)18-10-11-3-6-13(7-4-11)23(2,21)22/h3-9H,10H2,1-2H3,(H,18,19). The number of aryl methyl sites for hydroxylation is 1. The molecule has 0 amide bonds. The Bertz CT molecular complexity index is 963. The van der Waals surface area contributed by atoms with E-state index in [-0.39, 0.29) is 5.82 Å². The lowest BCUT2D eigenvalue weighted by molar-refractivity contribution is 0.602. The van der Waals surface area contributed by atoms with Gasteiger partial charge < -0.3 is 9.88 Å². The Labute approximate surface area is 133 Å². The molecule has 0 saturated heterocycles. The van der Waals surface area contributed by atoms with Gasteiger partial charge in [-0.05, 0) is 29.8 Å². The van der Waals surface area contributed by atoms with Crippen LogP contribution in [0.5, 0.6) is 0 Å². The van der Waals surface area contributed by atoms with E-state index < -0.39 is 9.84 Å². The topological polar surface area (TPSA) is 64.0 Å². The number of aromatic nitrogens is 2. The number of imidazole rings is 1. The molecule has 23 heavy (non-hydrogen) atoms. The van der Waals surface area contributed by atoms with E-state index in [9.17, 15) is 12.8 Å². The molecule has 7 heteroatoms. The number of nitrogens with zero attached hydrogens (tertiary/aromatic N) is 2. The number of benzene rings is 2. The summed E-state index contributed by atoms with van der Waals surface area (Å²) < 4.78 is 38.0. The van der Waals surface area contributed by atoms with Crippen molar-refractivity contribution in [2.24, 2.45) is 7.05 Å². The van der Waals surface area contributed by atoms with Crippen molar-refractivity contribution in [2.45, 2.75) is 11.4 Å². The molecular weight excluding hydrogens is 317 g/mol. The Morgan fingerprint density at radius 3 is 2.52 bits per heavy atom. The van der Waals surface area contributed by atoms with Crippen molar-refractivity contribution in [3.05, 3.63) is 53.8 Å². The van der Waals surface area contributed by atoms with E-state index >= 15 is 0 Å². The zero-order valence-corrected chi connectivity index (χ0v) is 13.6. The number of sulfone groups is 1. The number of anilines is 1. The second kappa shape index (κ2) is 5.66. The molecule has 0 atom stereocenters. The Morgan fingerprint density at radius 1 is 1.17 bits per heavy atom. The predicted molar refractivity (Wildman–Crippen MR) is 87.6 cm³/mol. The number of hydrogen-bond acceptors (Lipinski definition) is 4. The molecular formula is C16H16FN3O2S. The van der Waals surface area contributed by atoms with Gasteiger partial charge in [-0.2, -0.15) is 0 Å². The minimum atomic E-state index is -3.19. The van der Waals surface area contributed by atoms with Crippen molar-refractivity contribution in [3.63, 3.8) is 0 Å². The first-order valence-electron chi connectivity index (χ1n) is 6.99. The Kier molecular flexibility index (Phi) is 3.81. The first-order valence-corrected chi connectivity index (χ1v) is 8.88. The molecule has 0 unspecified atom stereocenters. The van der Waals surface area contributed by atoms with Crippen LogP contribution in [-0.4, -0.2) is 24.2 Å². The third-order valence-electron chi connectivity index (χ3n) is 3.65. The van der Waals surface area contributed by atoms with Crippen LogP contribution >= 0.6 is 0 Å². The van der Waals surface area contributed by atoms with Gasteiger partial charge in [0.05, 0.1) is 15.9 Å². The van der Waals surface area contributed by atoms with E-state index in [4.69, 9.17) is 0 Å². The van der Waals surface area contributed by atoms with Gasteiger partial charge in [-0.1, -0.05) is 12.1 Å². The van der Waals surface area contributed by atoms with E-state index in [1.54, 1.807) is 30.3 Å². The molecule has 0 bridgehead atoms. The first kappa shape index (κ1) is 15.5. The number of hydrogen-bond donors (Lipinski definition) is 1. The van der Waals surface area contributed by atoms with Crippen LogP contribution in [0.3, 0.4) is 0 Å². The number of rotatable bonds is 4. The average molecular weight is 333 g/mol. The van der Waals surface area contributed by atoms with Crippen LogP contribution in [0.15, 0.2) is 47.4 Å². The summed E-state index contributed by atoms with van der Waals surface area (Å²) in [6.07, 6.45) is 1.18. The van der Waals surface area contributed by atoms with Gasteiger partial charge in [0.1, 0.15) is 5.82 Å². The van der Waals surface area contributed by atoms with E-state index in [1.807, 2.05) is 11.6 Å². The molecule has 1 N–H and O–H groups in total. The van der Waals surface area contributed by atoms with Crippen LogP contribution < -0.4 is 5.32 Å². The first-order chi connectivity index (χ1) is 10.8. The molecule has 3 aromatic rings. The summed E-state index contributed by atoms with van der Waals surface area (Å²) in [7, 11) is -1.34. The summed E-state index contributed by atoms with van der Waals surface area (Å²) in [6, 6.07) is 11.1. The summed E-state index contributed by atoms with van der Waals surface area (Å²) in [4.78, 5) is 4.65. The molecule has 2 aromatic carbocycles. The van der Waals surface area contributed by atoms with E-state index in [1.165, 1.54) is 18.4 Å². The molecule has 0 radical (unpaired) electrons. The van der Waals surface area contributed by atoms with Gasteiger partial charge in [-0.3, -0.25) is 0 Å². The van der Waals surface area contributed by atoms with E-state index in [2.05, 4.69) is 10.3 Å². The van der Waals surface area contributed by atoms with Crippen LogP contribution in [0.25, 0.3) is 11.0 Å². The van der Waals surface area contributed by atoms with Gasteiger partial charge >= 0.3 is 0 Å². The summed E-state index contributed by atoms with van der Waals surface area (Å²) >= 11 is 0. The molecule has 0 aliphatic carbocycles. The highest BCUT2D eigenvalue weighted by atomic mass is 32.2. The lowest BCUT2D eigenvalue weighted by Gasteiger charge is -2.07. The zero-order valence-electron chi connectivity index (χ0n) is 12.7. The van der Waals surface area contributed by atoms with Crippen LogP contribution in [0.1, 0.15) is 5.56 Å². The molecule has 0 saturated carbocycles. The van der Waals surface area contributed by atoms with Gasteiger partial charge in [-0.15, -0.1) is 0 Å². The molecule has 0 aliphatic heterocycles. The van der Waals surface area contributed by atoms with Crippen molar-refractivity contribution in [3.8, 4) is 0 Å². The van der Waals surface area contributed by atoms with Gasteiger partial charge in [0, 0.05) is 25.9 Å². The predicted octanol–water partition coefficient (Wildman–Crippen LogP) is 2.73. The Morgan fingerprint density at radius 2 is 1.87 bits per heavy atom. The monoisotopic (exact) mass is 333 g/mol. The van der Waals surface area contributed by atoms with Crippen molar-refractivity contribution >= 4 is 26.8 Å². The van der Waals surface area contributed by atoms with Crippen molar-refractivity contribution < 1.29 is 12.8 Å². The fourth-order valence-corrected chi connectivity index (χ4v) is 3.00. The highest BCUT2D eigenvalue weighted by molar-refractivity contribution is 7.90. The summed E-state index contributed by atoms with van der Waals surface area (Å²) in [5.74, 6) is 0.302. The van der Waals surface area contributed by atoms with Crippen LogP contribution in [0.2, 0.25) is 0 Å². The Hall–Kier alpha value is -2.41. The minimum Gasteiger partial charge on any atom is -0.352 e. The summed E-state index contributed by atoms with van der Waals surface area (Å²) in [6.45, 7) is 0.490. The van der Waals surface area contributed by atoms with Crippen LogP contribution in [-0.2, 0) is 23.4 Å². The van der Waals surface area contributed by atoms with Crippen LogP contribution in [0, 0.1) is 5.82 Å². The lowest BCUT2D eigenvalue weighted by Crippen LogP contribution is -2.05. The van der Waals surface area contributed by atoms with Crippen molar-refractivity contribution in [1.82, 2.24) is 9.55 Å². The van der Waals surface area contributed by atoms with Crippen molar-refractivity contribution in [2.75, 3.05) is 11.6 Å². The lowest BCUT2D eigenvalue weighted by atomic mass is 10.2. The maximum absolute atomic E-state index is 13.2. The molecule has 0 aliphatic rings. The summed E-state index contributed by atoms with van der Waals surface area (Å²) in [5, 5.41) is 3.18. The highest BCUT2D eigenvalue weighted by Crippen LogP contribution is 2.20. The minimum absolute atomic E-state index is 0.291. The van der Waals surface area contributed by atoms with Crippen LogP contribution in [0.4, 0.5) is 10.3 Å². The quantitative estimate of drug-likeness (QED) is 0.797. The second-order valence-corrected chi connectivity index (χ2v) is 7.41. The van der Waals surface area contributed by atoms with E-state index in [0.29, 0.717) is 22.9 Å². The Balaban J connectivity index is 1.79. The number of fused-ring (bicyclic) bond motifs is 1. The zero-order chi connectivity index (χ0) is 16.6. The fourth-order valence-electron chi connectivity index (χ4n) is 2.37. The van der Waals surface area contributed by atoms with Gasteiger partial charge in [0.25, 0.3) is 0 Å². The normalized spacial score (nSPS) is 11.8. The molecule has 1 heterocycles. The molecule has 3 rings (SSSR count). The number of nitrogens with one attached hydrogen (secondary N) is 1. The third-order valence-corrected chi connectivity index (χ3v) is 4.77. The van der Waals surface area contributed by atoms with E-state index in [0.717, 1.165) is 11.1 Å². The smallest absolute Gasteiger partial charge is 0.203 e. The third kappa shape index (κ3) is 3.19. The van der Waals surface area contributed by atoms with Gasteiger partial charge in [0.15, 0.2) is 9.84 Å². The fraction of sp³-hybridized carbons (Fsp3) is 0.188. The molecule has 120 valence electrons. The molecule has 0 fully saturated rings. The SMILES string of the molecule is Cn1c(NCc2ccc(S(C)(=O)=O)cc2)nc2cc(F)ccc21. The summed E-state index contributed by atoms with van der Waals surface area (Å²) in [5.41, 5.74) is 2.35. The molecule has 1 aromatic heterocycles.